The molecule has 4 nitrogen and oxygen atoms in total. The van der Waals surface area contributed by atoms with E-state index >= 15 is 0 Å². The standard InChI is InChI=1S/C14H22N2O2/c1-3-16(13-6-4-5-11(13)9-15)14(17)12-7-8-18-10(12)2/h7-8,11,13H,3-6,9,15H2,1-2H3. The second-order valence-electron chi connectivity index (χ2n) is 4.98. The van der Waals surface area contributed by atoms with E-state index in [0.29, 0.717) is 29.8 Å². The Morgan fingerprint density at radius 3 is 2.89 bits per heavy atom. The van der Waals surface area contributed by atoms with Gasteiger partial charge in [0.2, 0.25) is 0 Å². The molecule has 0 aliphatic heterocycles. The minimum Gasteiger partial charge on any atom is -0.469 e. The van der Waals surface area contributed by atoms with E-state index in [2.05, 4.69) is 0 Å². The van der Waals surface area contributed by atoms with Gasteiger partial charge < -0.3 is 15.1 Å². The zero-order chi connectivity index (χ0) is 13.1. The molecule has 2 unspecified atom stereocenters. The normalized spacial score (nSPS) is 23.3. The van der Waals surface area contributed by atoms with Crippen LogP contribution in [0.25, 0.3) is 0 Å². The van der Waals surface area contributed by atoms with E-state index in [1.165, 1.54) is 6.42 Å². The lowest BCUT2D eigenvalue weighted by atomic mass is 10.0. The van der Waals surface area contributed by atoms with Gasteiger partial charge in [-0.25, -0.2) is 0 Å². The van der Waals surface area contributed by atoms with Crippen LogP contribution in [0.5, 0.6) is 0 Å². The lowest BCUT2D eigenvalue weighted by Gasteiger charge is -2.31. The lowest BCUT2D eigenvalue weighted by molar-refractivity contribution is 0.0650. The SMILES string of the molecule is CCN(C(=O)c1ccoc1C)C1CCCC1CN. The summed E-state index contributed by atoms with van der Waals surface area (Å²) in [5.41, 5.74) is 6.49. The Morgan fingerprint density at radius 2 is 2.33 bits per heavy atom. The summed E-state index contributed by atoms with van der Waals surface area (Å²) in [6.45, 7) is 5.25. The number of nitrogens with zero attached hydrogens (tertiary/aromatic N) is 1. The summed E-state index contributed by atoms with van der Waals surface area (Å²) in [5, 5.41) is 0. The fraction of sp³-hybridized carbons (Fsp3) is 0.643. The average Bonchev–Trinajstić information content (AvgIpc) is 2.98. The van der Waals surface area contributed by atoms with E-state index in [-0.39, 0.29) is 5.91 Å². The van der Waals surface area contributed by atoms with Gasteiger partial charge in [-0.05, 0) is 45.2 Å². The average molecular weight is 250 g/mol. The number of rotatable bonds is 4. The largest absolute Gasteiger partial charge is 0.469 e. The minimum atomic E-state index is 0.0779. The number of carbonyl (C=O) groups is 1. The van der Waals surface area contributed by atoms with Crippen molar-refractivity contribution in [3.63, 3.8) is 0 Å². The molecule has 18 heavy (non-hydrogen) atoms. The first-order valence-corrected chi connectivity index (χ1v) is 6.74. The molecule has 0 saturated heterocycles. The Bertz CT molecular complexity index is 414. The van der Waals surface area contributed by atoms with Crippen molar-refractivity contribution in [2.45, 2.75) is 39.2 Å². The molecule has 2 atom stereocenters. The molecule has 1 saturated carbocycles. The van der Waals surface area contributed by atoms with Crippen LogP contribution in [0.4, 0.5) is 0 Å². The van der Waals surface area contributed by atoms with E-state index in [0.717, 1.165) is 19.4 Å². The molecule has 1 aliphatic carbocycles. The third kappa shape index (κ3) is 2.29. The van der Waals surface area contributed by atoms with Crippen LogP contribution in [0.1, 0.15) is 42.3 Å². The maximum atomic E-state index is 12.5. The molecule has 2 N–H and O–H groups in total. The first-order chi connectivity index (χ1) is 8.69. The predicted molar refractivity (Wildman–Crippen MR) is 70.3 cm³/mol. The highest BCUT2D eigenvalue weighted by molar-refractivity contribution is 5.95. The number of furan rings is 1. The van der Waals surface area contributed by atoms with E-state index < -0.39 is 0 Å². The molecule has 1 fully saturated rings. The van der Waals surface area contributed by atoms with Crippen LogP contribution in [0.2, 0.25) is 0 Å². The number of aryl methyl sites for hydroxylation is 1. The predicted octanol–water partition coefficient (Wildman–Crippen LogP) is 2.18. The summed E-state index contributed by atoms with van der Waals surface area (Å²) in [6, 6.07) is 2.05. The van der Waals surface area contributed by atoms with Gasteiger partial charge in [0.1, 0.15) is 5.76 Å². The summed E-state index contributed by atoms with van der Waals surface area (Å²) in [6.07, 6.45) is 4.94. The highest BCUT2D eigenvalue weighted by Crippen LogP contribution is 2.30. The summed E-state index contributed by atoms with van der Waals surface area (Å²) in [5.74, 6) is 1.22. The number of carbonyl (C=O) groups excluding carboxylic acids is 1. The fourth-order valence-corrected chi connectivity index (χ4v) is 2.99. The summed E-state index contributed by atoms with van der Waals surface area (Å²) < 4.78 is 5.22. The van der Waals surface area contributed by atoms with Gasteiger partial charge in [0.15, 0.2) is 0 Å². The van der Waals surface area contributed by atoms with Gasteiger partial charge in [-0.15, -0.1) is 0 Å². The molecule has 0 spiro atoms. The smallest absolute Gasteiger partial charge is 0.257 e. The summed E-state index contributed by atoms with van der Waals surface area (Å²) >= 11 is 0. The van der Waals surface area contributed by atoms with E-state index in [4.69, 9.17) is 10.2 Å². The van der Waals surface area contributed by atoms with Crippen molar-refractivity contribution in [1.82, 2.24) is 4.90 Å². The van der Waals surface area contributed by atoms with Crippen LogP contribution in [0, 0.1) is 12.8 Å². The van der Waals surface area contributed by atoms with Crippen molar-refractivity contribution in [3.8, 4) is 0 Å². The molecular formula is C14H22N2O2. The first kappa shape index (κ1) is 13.1. The molecule has 0 radical (unpaired) electrons. The van der Waals surface area contributed by atoms with Crippen LogP contribution in [0.3, 0.4) is 0 Å². The maximum Gasteiger partial charge on any atom is 0.257 e. The minimum absolute atomic E-state index is 0.0779. The van der Waals surface area contributed by atoms with Crippen LogP contribution in [-0.2, 0) is 0 Å². The van der Waals surface area contributed by atoms with Crippen LogP contribution < -0.4 is 5.73 Å². The fourth-order valence-electron chi connectivity index (χ4n) is 2.99. The topological polar surface area (TPSA) is 59.5 Å². The van der Waals surface area contributed by atoms with E-state index in [1.807, 2.05) is 18.7 Å². The van der Waals surface area contributed by atoms with Crippen LogP contribution in [0.15, 0.2) is 16.7 Å². The van der Waals surface area contributed by atoms with Crippen molar-refractivity contribution in [2.75, 3.05) is 13.1 Å². The number of hydrogen-bond donors (Lipinski definition) is 1. The Kier molecular flexibility index (Phi) is 4.07. The first-order valence-electron chi connectivity index (χ1n) is 6.74. The molecule has 1 heterocycles. The van der Waals surface area contributed by atoms with Crippen LogP contribution in [-0.4, -0.2) is 29.9 Å². The van der Waals surface area contributed by atoms with Crippen molar-refractivity contribution in [3.05, 3.63) is 23.7 Å². The highest BCUT2D eigenvalue weighted by Gasteiger charge is 2.34. The van der Waals surface area contributed by atoms with Gasteiger partial charge >= 0.3 is 0 Å². The van der Waals surface area contributed by atoms with Gasteiger partial charge in [0, 0.05) is 12.6 Å². The van der Waals surface area contributed by atoms with Crippen molar-refractivity contribution in [1.29, 1.82) is 0 Å². The van der Waals surface area contributed by atoms with Crippen molar-refractivity contribution in [2.24, 2.45) is 11.7 Å². The highest BCUT2D eigenvalue weighted by atomic mass is 16.3. The second kappa shape index (κ2) is 5.57. The molecule has 2 rings (SSSR count). The Morgan fingerprint density at radius 1 is 1.56 bits per heavy atom. The Balaban J connectivity index is 2.18. The van der Waals surface area contributed by atoms with Gasteiger partial charge in [-0.3, -0.25) is 4.79 Å². The zero-order valence-corrected chi connectivity index (χ0v) is 11.2. The van der Waals surface area contributed by atoms with Gasteiger partial charge in [-0.2, -0.15) is 0 Å². The molecule has 4 heteroatoms. The third-order valence-electron chi connectivity index (χ3n) is 4.01. The third-order valence-corrected chi connectivity index (χ3v) is 4.01. The van der Waals surface area contributed by atoms with Crippen molar-refractivity contribution < 1.29 is 9.21 Å². The van der Waals surface area contributed by atoms with Crippen LogP contribution >= 0.6 is 0 Å². The van der Waals surface area contributed by atoms with E-state index in [1.54, 1.807) is 12.3 Å². The quantitative estimate of drug-likeness (QED) is 0.891. The number of amides is 1. The molecule has 1 aliphatic rings. The zero-order valence-electron chi connectivity index (χ0n) is 11.2. The van der Waals surface area contributed by atoms with Crippen molar-refractivity contribution >= 4 is 5.91 Å². The van der Waals surface area contributed by atoms with E-state index in [9.17, 15) is 4.79 Å². The second-order valence-corrected chi connectivity index (χ2v) is 4.98. The molecule has 1 aromatic heterocycles. The molecule has 0 bridgehead atoms. The number of hydrogen-bond acceptors (Lipinski definition) is 3. The van der Waals surface area contributed by atoms with Gasteiger partial charge in [0.25, 0.3) is 5.91 Å². The maximum absolute atomic E-state index is 12.5. The van der Waals surface area contributed by atoms with Gasteiger partial charge in [0.05, 0.1) is 11.8 Å². The molecule has 1 amide bonds. The summed E-state index contributed by atoms with van der Waals surface area (Å²) in [7, 11) is 0. The summed E-state index contributed by atoms with van der Waals surface area (Å²) in [4.78, 5) is 14.5. The number of nitrogens with two attached hydrogens (primary N) is 1. The molecular weight excluding hydrogens is 228 g/mol. The molecule has 100 valence electrons. The lowest BCUT2D eigenvalue weighted by Crippen LogP contribution is -2.44. The Labute approximate surface area is 108 Å². The molecule has 1 aromatic rings. The Hall–Kier alpha value is -1.29. The monoisotopic (exact) mass is 250 g/mol. The van der Waals surface area contributed by atoms with Gasteiger partial charge in [-0.1, -0.05) is 6.42 Å². The molecule has 0 aromatic carbocycles.